The van der Waals surface area contributed by atoms with Crippen molar-refractivity contribution in [3.8, 4) is 0 Å². The molecule has 2 aromatic heterocycles. The number of alkyl halides is 3. The number of likely N-dealkylation sites (tertiary alicyclic amines) is 1. The van der Waals surface area contributed by atoms with E-state index in [1.807, 2.05) is 0 Å². The van der Waals surface area contributed by atoms with Crippen molar-refractivity contribution in [1.82, 2.24) is 14.9 Å². The first-order chi connectivity index (χ1) is 12.8. The molecule has 1 aliphatic carbocycles. The normalized spacial score (nSPS) is 28.7. The summed E-state index contributed by atoms with van der Waals surface area (Å²) in [4.78, 5) is 13.2. The van der Waals surface area contributed by atoms with Crippen LogP contribution < -0.4 is 10.6 Å². The molecular formula is C18H22F3N5O. The Bertz CT molecular complexity index is 881. The van der Waals surface area contributed by atoms with E-state index in [-0.39, 0.29) is 25.2 Å². The number of halogens is 3. The summed E-state index contributed by atoms with van der Waals surface area (Å²) in [5, 5.41) is 0. The van der Waals surface area contributed by atoms with Gasteiger partial charge in [0, 0.05) is 38.2 Å². The molecule has 6 nitrogen and oxygen atoms in total. The van der Waals surface area contributed by atoms with Gasteiger partial charge in [-0.05, 0) is 31.7 Å². The van der Waals surface area contributed by atoms with E-state index in [0.29, 0.717) is 40.1 Å². The van der Waals surface area contributed by atoms with Crippen LogP contribution in [0.15, 0.2) is 4.42 Å². The molecule has 0 saturated carbocycles. The summed E-state index contributed by atoms with van der Waals surface area (Å²) in [6.07, 6.45) is -3.99. The van der Waals surface area contributed by atoms with Crippen LogP contribution in [0.3, 0.4) is 0 Å². The molecule has 3 aliphatic rings. The van der Waals surface area contributed by atoms with Crippen LogP contribution in [0.5, 0.6) is 0 Å². The van der Waals surface area contributed by atoms with Crippen molar-refractivity contribution in [2.24, 2.45) is 17.8 Å². The van der Waals surface area contributed by atoms with E-state index in [1.165, 1.54) is 0 Å². The summed E-state index contributed by atoms with van der Waals surface area (Å²) in [7, 11) is 2.13. The number of rotatable bonds is 1. The van der Waals surface area contributed by atoms with Crippen LogP contribution >= 0.6 is 0 Å². The summed E-state index contributed by atoms with van der Waals surface area (Å²) < 4.78 is 45.6. The van der Waals surface area contributed by atoms with Crippen LogP contribution in [0.2, 0.25) is 0 Å². The van der Waals surface area contributed by atoms with Crippen molar-refractivity contribution in [2.75, 3.05) is 43.9 Å². The third kappa shape index (κ3) is 2.74. The molecule has 5 rings (SSSR count). The molecule has 2 aromatic rings. The van der Waals surface area contributed by atoms with Crippen LogP contribution in [0.25, 0.3) is 11.1 Å². The number of aromatic nitrogens is 2. The molecule has 2 N–H and O–H groups in total. The minimum atomic E-state index is -4.21. The van der Waals surface area contributed by atoms with E-state index in [0.717, 1.165) is 26.2 Å². The Hall–Kier alpha value is -2.03. The first-order valence-corrected chi connectivity index (χ1v) is 9.37. The van der Waals surface area contributed by atoms with Crippen molar-refractivity contribution >= 4 is 22.9 Å². The van der Waals surface area contributed by atoms with Gasteiger partial charge in [0.05, 0.1) is 5.92 Å². The van der Waals surface area contributed by atoms with Gasteiger partial charge in [-0.3, -0.25) is 0 Å². The minimum absolute atomic E-state index is 0.0504. The number of nitrogens with two attached hydrogens (primary N) is 1. The minimum Gasteiger partial charge on any atom is -0.455 e. The lowest BCUT2D eigenvalue weighted by atomic mass is 9.87. The Morgan fingerprint density at radius 2 is 1.81 bits per heavy atom. The van der Waals surface area contributed by atoms with Crippen LogP contribution in [0.1, 0.15) is 17.7 Å². The summed E-state index contributed by atoms with van der Waals surface area (Å²) in [6, 6.07) is 0. The molecule has 9 heteroatoms. The molecule has 0 bridgehead atoms. The number of nitrogen functional groups attached to an aromatic ring is 1. The van der Waals surface area contributed by atoms with Gasteiger partial charge in [0.15, 0.2) is 11.4 Å². The fourth-order valence-corrected chi connectivity index (χ4v) is 5.03. The van der Waals surface area contributed by atoms with Gasteiger partial charge in [0.25, 0.3) is 0 Å². The van der Waals surface area contributed by atoms with Gasteiger partial charge >= 0.3 is 6.18 Å². The predicted octanol–water partition coefficient (Wildman–Crippen LogP) is 2.47. The van der Waals surface area contributed by atoms with Gasteiger partial charge in [0.2, 0.25) is 5.95 Å². The number of hydrogen-bond donors (Lipinski definition) is 1. The summed E-state index contributed by atoms with van der Waals surface area (Å²) in [5.74, 6) is 1.11. The lowest BCUT2D eigenvalue weighted by Crippen LogP contribution is -2.28. The van der Waals surface area contributed by atoms with Gasteiger partial charge < -0.3 is 20.0 Å². The molecule has 0 amide bonds. The lowest BCUT2D eigenvalue weighted by molar-refractivity contribution is -0.177. The van der Waals surface area contributed by atoms with Crippen molar-refractivity contribution in [3.05, 3.63) is 11.3 Å². The predicted molar refractivity (Wildman–Crippen MR) is 94.5 cm³/mol. The number of nitrogens with zero attached hydrogens (tertiary/aromatic N) is 4. The van der Waals surface area contributed by atoms with Gasteiger partial charge in [-0.25, -0.2) is 4.98 Å². The quantitative estimate of drug-likeness (QED) is 0.818. The largest absolute Gasteiger partial charge is 0.455 e. The summed E-state index contributed by atoms with van der Waals surface area (Å²) in [5.41, 5.74) is 7.42. The Kier molecular flexibility index (Phi) is 3.63. The first kappa shape index (κ1) is 17.1. The molecule has 2 unspecified atom stereocenters. The topological polar surface area (TPSA) is 71.4 Å². The van der Waals surface area contributed by atoms with E-state index in [9.17, 15) is 13.2 Å². The first-order valence-electron chi connectivity index (χ1n) is 9.37. The van der Waals surface area contributed by atoms with E-state index >= 15 is 0 Å². The van der Waals surface area contributed by atoms with E-state index in [1.54, 1.807) is 0 Å². The maximum absolute atomic E-state index is 13.2. The van der Waals surface area contributed by atoms with Gasteiger partial charge in [-0.15, -0.1) is 0 Å². The maximum Gasteiger partial charge on any atom is 0.392 e. The van der Waals surface area contributed by atoms with Crippen LogP contribution in [0, 0.1) is 17.8 Å². The second kappa shape index (κ2) is 5.73. The fraction of sp³-hybridized carbons (Fsp3) is 0.667. The molecule has 146 valence electrons. The molecule has 2 aliphatic heterocycles. The van der Waals surface area contributed by atoms with Crippen LogP contribution in [0.4, 0.5) is 24.9 Å². The Balaban J connectivity index is 1.53. The lowest BCUT2D eigenvalue weighted by Gasteiger charge is -2.23. The average Bonchev–Trinajstić information content (AvgIpc) is 3.23. The summed E-state index contributed by atoms with van der Waals surface area (Å²) in [6.45, 7) is 3.81. The van der Waals surface area contributed by atoms with Crippen molar-refractivity contribution in [2.45, 2.75) is 25.4 Å². The molecule has 2 fully saturated rings. The maximum atomic E-state index is 13.2. The second-order valence-corrected chi connectivity index (χ2v) is 8.21. The van der Waals surface area contributed by atoms with Crippen molar-refractivity contribution in [3.63, 3.8) is 0 Å². The molecule has 0 aromatic carbocycles. The third-order valence-corrected chi connectivity index (χ3v) is 6.31. The Labute approximate surface area is 154 Å². The van der Waals surface area contributed by atoms with Crippen LogP contribution in [-0.4, -0.2) is 54.3 Å². The number of furan rings is 1. The zero-order valence-corrected chi connectivity index (χ0v) is 15.1. The van der Waals surface area contributed by atoms with Gasteiger partial charge in [0.1, 0.15) is 11.3 Å². The fourth-order valence-electron chi connectivity index (χ4n) is 5.03. The molecule has 3 atom stereocenters. The zero-order valence-electron chi connectivity index (χ0n) is 15.1. The molecule has 27 heavy (non-hydrogen) atoms. The second-order valence-electron chi connectivity index (χ2n) is 8.21. The highest BCUT2D eigenvalue weighted by Crippen LogP contribution is 2.43. The summed E-state index contributed by atoms with van der Waals surface area (Å²) >= 11 is 0. The van der Waals surface area contributed by atoms with Gasteiger partial charge in [-0.1, -0.05) is 0 Å². The molecule has 0 radical (unpaired) electrons. The Morgan fingerprint density at radius 3 is 2.48 bits per heavy atom. The van der Waals surface area contributed by atoms with E-state index in [4.69, 9.17) is 10.2 Å². The van der Waals surface area contributed by atoms with Crippen LogP contribution in [-0.2, 0) is 12.8 Å². The number of fused-ring (bicyclic) bond motifs is 4. The molecule has 2 saturated heterocycles. The van der Waals surface area contributed by atoms with E-state index < -0.39 is 12.1 Å². The van der Waals surface area contributed by atoms with Crippen molar-refractivity contribution in [1.29, 1.82) is 0 Å². The highest BCUT2D eigenvalue weighted by molar-refractivity contribution is 5.89. The number of hydrogen-bond acceptors (Lipinski definition) is 6. The van der Waals surface area contributed by atoms with Crippen molar-refractivity contribution < 1.29 is 17.6 Å². The average molecular weight is 381 g/mol. The number of aryl methyl sites for hydroxylation is 1. The van der Waals surface area contributed by atoms with E-state index in [2.05, 4.69) is 26.8 Å². The van der Waals surface area contributed by atoms with Gasteiger partial charge in [-0.2, -0.15) is 18.2 Å². The molecule has 4 heterocycles. The zero-order chi connectivity index (χ0) is 18.9. The molecule has 0 spiro atoms. The Morgan fingerprint density at radius 1 is 1.11 bits per heavy atom. The standard InChI is InChI=1S/C18H22F3N5O/c1-25-5-9-7-26(8-10(9)6-25)16-15-14(23-17(22)24-16)12-4-11(18(19,20)21)2-3-13(12)27-15/h9-11H,2-8H2,1H3,(H2,22,23,24)/t9-,10?,11?/m0/s1. The third-order valence-electron chi connectivity index (χ3n) is 6.31. The monoisotopic (exact) mass is 381 g/mol. The number of anilines is 2. The smallest absolute Gasteiger partial charge is 0.392 e. The molecular weight excluding hydrogens is 359 g/mol. The highest BCUT2D eigenvalue weighted by atomic mass is 19.4. The highest BCUT2D eigenvalue weighted by Gasteiger charge is 2.44. The SMILES string of the molecule is CN1CC2CN(c3nc(N)nc4c5c(oc34)CCC(C(F)(F)F)C5)C[C@@H]2C1.